The van der Waals surface area contributed by atoms with Crippen molar-refractivity contribution in [1.29, 1.82) is 0 Å². The van der Waals surface area contributed by atoms with E-state index in [1.54, 1.807) is 7.05 Å². The molecule has 1 atom stereocenters. The molecule has 0 aliphatic carbocycles. The Morgan fingerprint density at radius 2 is 2.13 bits per heavy atom. The molecule has 1 aliphatic rings. The van der Waals surface area contributed by atoms with Crippen molar-refractivity contribution in [2.75, 3.05) is 20.1 Å². The minimum absolute atomic E-state index is 0.0709. The summed E-state index contributed by atoms with van der Waals surface area (Å²) in [5, 5.41) is 2.71. The van der Waals surface area contributed by atoms with Gasteiger partial charge >= 0.3 is 6.03 Å². The molecule has 0 aromatic carbocycles. The molecule has 0 radical (unpaired) electrons. The Hall–Kier alpha value is -0.730. The molecule has 15 heavy (non-hydrogen) atoms. The van der Waals surface area contributed by atoms with Crippen molar-refractivity contribution >= 4 is 6.03 Å². The van der Waals surface area contributed by atoms with Crippen LogP contribution in [0.3, 0.4) is 0 Å². The summed E-state index contributed by atoms with van der Waals surface area (Å²) in [5.74, 6) is 0.595. The molecule has 2 amide bonds. The molecule has 1 fully saturated rings. The molecular weight excluding hydrogens is 188 g/mol. The summed E-state index contributed by atoms with van der Waals surface area (Å²) in [5.41, 5.74) is 0.439. The highest BCUT2D eigenvalue weighted by atomic mass is 16.2. The monoisotopic (exact) mass is 212 g/mol. The maximum absolute atomic E-state index is 11.6. The molecule has 0 saturated carbocycles. The summed E-state index contributed by atoms with van der Waals surface area (Å²) in [6, 6.07) is 0.0709. The van der Waals surface area contributed by atoms with E-state index < -0.39 is 0 Å². The zero-order valence-corrected chi connectivity index (χ0v) is 10.5. The lowest BCUT2D eigenvalue weighted by Crippen LogP contribution is -2.43. The van der Waals surface area contributed by atoms with Crippen LogP contribution in [0.4, 0.5) is 4.79 Å². The van der Waals surface area contributed by atoms with Crippen LogP contribution in [0.5, 0.6) is 0 Å². The van der Waals surface area contributed by atoms with Gasteiger partial charge in [0.15, 0.2) is 0 Å². The lowest BCUT2D eigenvalue weighted by molar-refractivity contribution is 0.149. The zero-order valence-electron chi connectivity index (χ0n) is 10.5. The Morgan fingerprint density at radius 3 is 2.73 bits per heavy atom. The first-order chi connectivity index (χ1) is 6.94. The molecule has 0 spiro atoms. The Labute approximate surface area is 93.2 Å². The summed E-state index contributed by atoms with van der Waals surface area (Å²) in [7, 11) is 1.70. The average Bonchev–Trinajstić information content (AvgIpc) is 2.11. The highest BCUT2D eigenvalue weighted by molar-refractivity contribution is 5.73. The second-order valence-electron chi connectivity index (χ2n) is 5.58. The normalized spacial score (nSPS) is 26.7. The van der Waals surface area contributed by atoms with Crippen LogP contribution < -0.4 is 5.32 Å². The van der Waals surface area contributed by atoms with Crippen LogP contribution in [0, 0.1) is 11.3 Å². The van der Waals surface area contributed by atoms with E-state index in [9.17, 15) is 4.79 Å². The topological polar surface area (TPSA) is 32.3 Å². The number of carbonyl (C=O) groups excluding carboxylic acids is 1. The lowest BCUT2D eigenvalue weighted by Gasteiger charge is -2.35. The number of hydrogen-bond acceptors (Lipinski definition) is 1. The van der Waals surface area contributed by atoms with Gasteiger partial charge in [0.2, 0.25) is 0 Å². The van der Waals surface area contributed by atoms with Crippen molar-refractivity contribution in [3.05, 3.63) is 0 Å². The Balaban J connectivity index is 2.58. The number of nitrogens with one attached hydrogen (secondary N) is 1. The van der Waals surface area contributed by atoms with E-state index in [0.29, 0.717) is 11.3 Å². The fourth-order valence-electron chi connectivity index (χ4n) is 2.67. The summed E-state index contributed by atoms with van der Waals surface area (Å²) >= 11 is 0. The molecule has 1 heterocycles. The van der Waals surface area contributed by atoms with E-state index in [1.165, 1.54) is 12.8 Å². The van der Waals surface area contributed by atoms with Crippen molar-refractivity contribution in [1.82, 2.24) is 10.2 Å². The van der Waals surface area contributed by atoms with E-state index in [1.807, 2.05) is 4.90 Å². The van der Waals surface area contributed by atoms with Gasteiger partial charge in [-0.15, -0.1) is 0 Å². The molecule has 1 aliphatic heterocycles. The van der Waals surface area contributed by atoms with Gasteiger partial charge in [-0.2, -0.15) is 0 Å². The van der Waals surface area contributed by atoms with E-state index in [0.717, 1.165) is 19.5 Å². The number of amides is 2. The first-order valence-electron chi connectivity index (χ1n) is 5.91. The molecule has 3 nitrogen and oxygen atoms in total. The van der Waals surface area contributed by atoms with Crippen molar-refractivity contribution in [3.63, 3.8) is 0 Å². The second kappa shape index (κ2) is 4.86. The average molecular weight is 212 g/mol. The highest BCUT2D eigenvalue weighted by Gasteiger charge is 2.26. The molecule has 0 aromatic rings. The molecule has 0 bridgehead atoms. The van der Waals surface area contributed by atoms with Gasteiger partial charge in [0.1, 0.15) is 0 Å². The van der Waals surface area contributed by atoms with Crippen LogP contribution in [-0.4, -0.2) is 31.1 Å². The molecule has 1 saturated heterocycles. The van der Waals surface area contributed by atoms with E-state index in [-0.39, 0.29) is 6.03 Å². The van der Waals surface area contributed by atoms with Crippen molar-refractivity contribution in [3.8, 4) is 0 Å². The summed E-state index contributed by atoms with van der Waals surface area (Å²) in [4.78, 5) is 13.5. The van der Waals surface area contributed by atoms with Gasteiger partial charge in [-0.05, 0) is 30.6 Å². The van der Waals surface area contributed by atoms with Gasteiger partial charge in [-0.1, -0.05) is 20.8 Å². The second-order valence-corrected chi connectivity index (χ2v) is 5.58. The Bertz CT molecular complexity index is 226. The van der Waals surface area contributed by atoms with Crippen molar-refractivity contribution in [2.24, 2.45) is 11.3 Å². The maximum atomic E-state index is 11.6. The summed E-state index contributed by atoms with van der Waals surface area (Å²) in [6.45, 7) is 8.69. The summed E-state index contributed by atoms with van der Waals surface area (Å²) in [6.07, 6.45) is 3.54. The van der Waals surface area contributed by atoms with Gasteiger partial charge in [0, 0.05) is 20.1 Å². The molecule has 3 heteroatoms. The fraction of sp³-hybridized carbons (Fsp3) is 0.917. The first kappa shape index (κ1) is 12.3. The predicted molar refractivity (Wildman–Crippen MR) is 62.8 cm³/mol. The smallest absolute Gasteiger partial charge is 0.317 e. The number of carbonyl (C=O) groups is 1. The van der Waals surface area contributed by atoms with Gasteiger partial charge in [0.25, 0.3) is 0 Å². The molecule has 1 unspecified atom stereocenters. The number of rotatable bonds is 0. The quantitative estimate of drug-likeness (QED) is 0.657. The summed E-state index contributed by atoms with van der Waals surface area (Å²) < 4.78 is 0. The SMILES string of the molecule is CNC(=O)N1CCCC(C)(C)CC(C)C1. The maximum Gasteiger partial charge on any atom is 0.317 e. The van der Waals surface area contributed by atoms with Crippen LogP contribution in [0.25, 0.3) is 0 Å². The van der Waals surface area contributed by atoms with Crippen LogP contribution in [0.15, 0.2) is 0 Å². The van der Waals surface area contributed by atoms with E-state index in [2.05, 4.69) is 26.1 Å². The van der Waals surface area contributed by atoms with E-state index >= 15 is 0 Å². The fourth-order valence-corrected chi connectivity index (χ4v) is 2.67. The van der Waals surface area contributed by atoms with Crippen molar-refractivity contribution in [2.45, 2.75) is 40.0 Å². The first-order valence-corrected chi connectivity index (χ1v) is 5.91. The van der Waals surface area contributed by atoms with Gasteiger partial charge in [-0.25, -0.2) is 4.79 Å². The number of nitrogens with zero attached hydrogens (tertiary/aromatic N) is 1. The van der Waals surface area contributed by atoms with Gasteiger partial charge in [0.05, 0.1) is 0 Å². The Kier molecular flexibility index (Phi) is 4.00. The van der Waals surface area contributed by atoms with Gasteiger partial charge < -0.3 is 10.2 Å². The molecule has 0 aromatic heterocycles. The molecule has 1 rings (SSSR count). The minimum atomic E-state index is 0.0709. The highest BCUT2D eigenvalue weighted by Crippen LogP contribution is 2.32. The van der Waals surface area contributed by atoms with Crippen LogP contribution >= 0.6 is 0 Å². The molecular formula is C12H24N2O. The largest absolute Gasteiger partial charge is 0.341 e. The van der Waals surface area contributed by atoms with Crippen LogP contribution in [0.1, 0.15) is 40.0 Å². The Morgan fingerprint density at radius 1 is 1.47 bits per heavy atom. The number of hydrogen-bond donors (Lipinski definition) is 1. The molecule has 88 valence electrons. The van der Waals surface area contributed by atoms with Crippen LogP contribution in [-0.2, 0) is 0 Å². The third-order valence-corrected chi connectivity index (χ3v) is 3.22. The number of urea groups is 1. The predicted octanol–water partition coefficient (Wildman–Crippen LogP) is 2.47. The lowest BCUT2D eigenvalue weighted by atomic mass is 9.78. The number of likely N-dealkylation sites (tertiary alicyclic amines) is 1. The zero-order chi connectivity index (χ0) is 11.5. The third-order valence-electron chi connectivity index (χ3n) is 3.22. The standard InChI is InChI=1S/C12H24N2O/c1-10-8-12(2,3)6-5-7-14(9-10)11(15)13-4/h10H,5-9H2,1-4H3,(H,13,15). The van der Waals surface area contributed by atoms with Crippen LogP contribution in [0.2, 0.25) is 0 Å². The molecule has 1 N–H and O–H groups in total. The minimum Gasteiger partial charge on any atom is -0.341 e. The van der Waals surface area contributed by atoms with Gasteiger partial charge in [-0.3, -0.25) is 0 Å². The third kappa shape index (κ3) is 3.73. The van der Waals surface area contributed by atoms with Crippen molar-refractivity contribution < 1.29 is 4.79 Å². The van der Waals surface area contributed by atoms with E-state index in [4.69, 9.17) is 0 Å².